The first-order valence-corrected chi connectivity index (χ1v) is 4.56. The minimum absolute atomic E-state index is 0.288. The maximum atomic E-state index is 10.5. The Morgan fingerprint density at radius 2 is 1.91 bits per heavy atom. The van der Waals surface area contributed by atoms with E-state index in [4.69, 9.17) is 14.0 Å². The van der Waals surface area contributed by atoms with Crippen molar-refractivity contribution in [3.8, 4) is 0 Å². The van der Waals surface area contributed by atoms with Crippen molar-refractivity contribution in [1.82, 2.24) is 0 Å². The number of hydrogen-bond donors (Lipinski definition) is 1. The van der Waals surface area contributed by atoms with Crippen LogP contribution in [0.4, 0.5) is 0 Å². The summed E-state index contributed by atoms with van der Waals surface area (Å²) in [6.45, 7) is 4.14. The van der Waals surface area contributed by atoms with Crippen LogP contribution >= 0.6 is 0 Å². The summed E-state index contributed by atoms with van der Waals surface area (Å²) in [7, 11) is 0. The molecule has 0 spiro atoms. The molecule has 0 aliphatic carbocycles. The molecule has 1 aliphatic heterocycles. The molecule has 0 amide bonds. The van der Waals surface area contributed by atoms with E-state index < -0.39 is 22.1 Å². The standard InChI is InChI=1S/C6H12O4S/c1-6(2)9-3-5(4-10-6)11(7)8/h5H,3-4H2,1-2H3,(H,7,8). The van der Waals surface area contributed by atoms with E-state index in [-0.39, 0.29) is 13.2 Å². The summed E-state index contributed by atoms with van der Waals surface area (Å²) in [5.41, 5.74) is 0. The van der Waals surface area contributed by atoms with Crippen molar-refractivity contribution in [2.75, 3.05) is 13.2 Å². The summed E-state index contributed by atoms with van der Waals surface area (Å²) in [5.74, 6) is -0.601. The maximum absolute atomic E-state index is 10.5. The quantitative estimate of drug-likeness (QED) is 0.592. The zero-order valence-corrected chi connectivity index (χ0v) is 7.39. The first-order chi connectivity index (χ1) is 5.01. The Bertz CT molecular complexity index is 158. The van der Waals surface area contributed by atoms with Crippen molar-refractivity contribution >= 4 is 11.1 Å². The highest BCUT2D eigenvalue weighted by atomic mass is 32.2. The van der Waals surface area contributed by atoms with E-state index in [2.05, 4.69) is 0 Å². The average molecular weight is 180 g/mol. The predicted molar refractivity (Wildman–Crippen MR) is 40.5 cm³/mol. The minimum atomic E-state index is -1.84. The molecule has 1 heterocycles. The second-order valence-electron chi connectivity index (χ2n) is 2.92. The molecule has 1 fully saturated rings. The molecule has 4 nitrogen and oxygen atoms in total. The lowest BCUT2D eigenvalue weighted by molar-refractivity contribution is -0.242. The smallest absolute Gasteiger partial charge is 0.162 e. The van der Waals surface area contributed by atoms with E-state index >= 15 is 0 Å². The van der Waals surface area contributed by atoms with Gasteiger partial charge in [0.05, 0.1) is 13.2 Å². The third kappa shape index (κ3) is 2.52. The highest BCUT2D eigenvalue weighted by Gasteiger charge is 2.30. The van der Waals surface area contributed by atoms with Crippen molar-refractivity contribution in [1.29, 1.82) is 0 Å². The molecule has 11 heavy (non-hydrogen) atoms. The van der Waals surface area contributed by atoms with Crippen LogP contribution in [0.1, 0.15) is 13.8 Å². The Kier molecular flexibility index (Phi) is 2.64. The second kappa shape index (κ2) is 3.18. The summed E-state index contributed by atoms with van der Waals surface area (Å²) < 4.78 is 29.5. The monoisotopic (exact) mass is 180 g/mol. The van der Waals surface area contributed by atoms with Gasteiger partial charge in [-0.25, -0.2) is 4.21 Å². The summed E-state index contributed by atoms with van der Waals surface area (Å²) in [4.78, 5) is 0. The van der Waals surface area contributed by atoms with E-state index in [1.807, 2.05) is 0 Å². The minimum Gasteiger partial charge on any atom is -0.349 e. The Labute approximate surface area is 68.2 Å². The molecule has 1 N–H and O–H groups in total. The van der Waals surface area contributed by atoms with E-state index in [0.717, 1.165) is 0 Å². The van der Waals surface area contributed by atoms with Crippen LogP contribution in [0.2, 0.25) is 0 Å². The third-order valence-corrected chi connectivity index (χ3v) is 2.36. The Morgan fingerprint density at radius 1 is 1.45 bits per heavy atom. The molecule has 1 unspecified atom stereocenters. The molecule has 5 heteroatoms. The fraction of sp³-hybridized carbons (Fsp3) is 1.00. The summed E-state index contributed by atoms with van der Waals surface area (Å²) >= 11 is -1.84. The molecule has 1 aliphatic rings. The lowest BCUT2D eigenvalue weighted by Gasteiger charge is -2.33. The van der Waals surface area contributed by atoms with Crippen LogP contribution in [0, 0.1) is 0 Å². The van der Waals surface area contributed by atoms with Gasteiger partial charge in [0.2, 0.25) is 0 Å². The van der Waals surface area contributed by atoms with Crippen molar-refractivity contribution in [3.05, 3.63) is 0 Å². The van der Waals surface area contributed by atoms with Gasteiger partial charge in [-0.05, 0) is 13.8 Å². The highest BCUT2D eigenvalue weighted by Crippen LogP contribution is 2.18. The zero-order chi connectivity index (χ0) is 8.48. The normalized spacial score (nSPS) is 28.3. The topological polar surface area (TPSA) is 55.8 Å². The Balaban J connectivity index is 2.42. The largest absolute Gasteiger partial charge is 0.349 e. The summed E-state index contributed by atoms with van der Waals surface area (Å²) in [6, 6.07) is 0. The van der Waals surface area contributed by atoms with Crippen LogP contribution in [0.3, 0.4) is 0 Å². The molecular formula is C6H12O4S. The van der Waals surface area contributed by atoms with Crippen molar-refractivity contribution < 1.29 is 18.2 Å². The predicted octanol–water partition coefficient (Wildman–Crippen LogP) is 0.360. The van der Waals surface area contributed by atoms with Crippen LogP contribution in [-0.2, 0) is 20.6 Å². The third-order valence-electron chi connectivity index (χ3n) is 1.52. The lowest BCUT2D eigenvalue weighted by Crippen LogP contribution is -2.43. The van der Waals surface area contributed by atoms with Gasteiger partial charge in [-0.2, -0.15) is 0 Å². The summed E-state index contributed by atoms with van der Waals surface area (Å²) in [5, 5.41) is -0.400. The average Bonchev–Trinajstić information content (AvgIpc) is 1.86. The lowest BCUT2D eigenvalue weighted by atomic mass is 10.3. The molecule has 0 aromatic heterocycles. The van der Waals surface area contributed by atoms with E-state index in [9.17, 15) is 4.21 Å². The SMILES string of the molecule is CC1(C)OCC(S(=O)O)CO1. The fourth-order valence-electron chi connectivity index (χ4n) is 0.793. The highest BCUT2D eigenvalue weighted by molar-refractivity contribution is 7.79. The molecule has 0 aromatic rings. The van der Waals surface area contributed by atoms with Crippen LogP contribution in [0.15, 0.2) is 0 Å². The second-order valence-corrected chi connectivity index (χ2v) is 4.14. The van der Waals surface area contributed by atoms with Crippen LogP contribution in [0.25, 0.3) is 0 Å². The van der Waals surface area contributed by atoms with Gasteiger partial charge in [-0.15, -0.1) is 0 Å². The van der Waals surface area contributed by atoms with Gasteiger partial charge >= 0.3 is 0 Å². The molecule has 0 saturated carbocycles. The maximum Gasteiger partial charge on any atom is 0.162 e. The molecule has 1 saturated heterocycles. The molecule has 66 valence electrons. The molecule has 1 atom stereocenters. The molecular weight excluding hydrogens is 168 g/mol. The van der Waals surface area contributed by atoms with Crippen LogP contribution in [-0.4, -0.2) is 33.0 Å². The molecule has 0 bridgehead atoms. The van der Waals surface area contributed by atoms with Crippen LogP contribution in [0.5, 0.6) is 0 Å². The molecule has 1 rings (SSSR count). The fourth-order valence-corrected chi connectivity index (χ4v) is 1.16. The first-order valence-electron chi connectivity index (χ1n) is 3.39. The Hall–Kier alpha value is 0.0300. The first kappa shape index (κ1) is 9.12. The zero-order valence-electron chi connectivity index (χ0n) is 6.57. The van der Waals surface area contributed by atoms with E-state index in [0.29, 0.717) is 0 Å². The Morgan fingerprint density at radius 3 is 2.27 bits per heavy atom. The van der Waals surface area contributed by atoms with Crippen molar-refractivity contribution in [3.63, 3.8) is 0 Å². The van der Waals surface area contributed by atoms with Gasteiger partial charge in [-0.3, -0.25) is 0 Å². The molecule has 0 radical (unpaired) electrons. The molecule has 0 aromatic carbocycles. The van der Waals surface area contributed by atoms with Crippen molar-refractivity contribution in [2.24, 2.45) is 0 Å². The number of ether oxygens (including phenoxy) is 2. The van der Waals surface area contributed by atoms with Gasteiger partial charge in [0.25, 0.3) is 0 Å². The van der Waals surface area contributed by atoms with Gasteiger partial charge in [-0.1, -0.05) is 0 Å². The van der Waals surface area contributed by atoms with E-state index in [1.165, 1.54) is 0 Å². The van der Waals surface area contributed by atoms with Crippen LogP contribution < -0.4 is 0 Å². The van der Waals surface area contributed by atoms with Gasteiger partial charge in [0, 0.05) is 0 Å². The van der Waals surface area contributed by atoms with Gasteiger partial charge in [0.15, 0.2) is 16.9 Å². The van der Waals surface area contributed by atoms with Gasteiger partial charge in [0.1, 0.15) is 5.25 Å². The number of rotatable bonds is 1. The number of hydrogen-bond acceptors (Lipinski definition) is 3. The summed E-state index contributed by atoms with van der Waals surface area (Å²) in [6.07, 6.45) is 0. The van der Waals surface area contributed by atoms with E-state index in [1.54, 1.807) is 13.8 Å². The van der Waals surface area contributed by atoms with Crippen molar-refractivity contribution in [2.45, 2.75) is 24.9 Å². The van der Waals surface area contributed by atoms with Gasteiger partial charge < -0.3 is 14.0 Å².